The summed E-state index contributed by atoms with van der Waals surface area (Å²) in [5.74, 6) is -0.0760. The van der Waals surface area contributed by atoms with E-state index in [9.17, 15) is 25.2 Å². The molecular weight excluding hydrogens is 372 g/mol. The van der Waals surface area contributed by atoms with Crippen LogP contribution in [0.4, 0.5) is 0 Å². The molecule has 0 spiro atoms. The van der Waals surface area contributed by atoms with Gasteiger partial charge in [0, 0.05) is 23.3 Å². The molecule has 29 heavy (non-hydrogen) atoms. The topological polar surface area (TPSA) is 107 Å². The lowest BCUT2D eigenvalue weighted by Crippen LogP contribution is -2.69. The van der Waals surface area contributed by atoms with Crippen molar-refractivity contribution in [2.24, 2.45) is 28.6 Å². The van der Waals surface area contributed by atoms with Crippen molar-refractivity contribution in [2.75, 3.05) is 13.2 Å². The van der Waals surface area contributed by atoms with Crippen molar-refractivity contribution in [1.82, 2.24) is 0 Å². The van der Waals surface area contributed by atoms with E-state index >= 15 is 0 Å². The Labute approximate surface area is 172 Å². The summed E-state index contributed by atoms with van der Waals surface area (Å²) in [5, 5.41) is 44.4. The van der Waals surface area contributed by atoms with Crippen molar-refractivity contribution in [3.63, 3.8) is 0 Å². The molecule has 4 saturated carbocycles. The van der Waals surface area contributed by atoms with E-state index in [0.29, 0.717) is 45.1 Å². The summed E-state index contributed by atoms with van der Waals surface area (Å²) in [6.07, 6.45) is 7.02. The SMILES string of the molecule is C[C@]12CC[C@@H]3[C@H](CC[C@@]4(O)C[C@H](O)CC[C@]34CO)[C@@]1(O)CC[C@H]2C1=CC(=O)OC1. The molecule has 0 amide bonds. The van der Waals surface area contributed by atoms with Crippen LogP contribution < -0.4 is 0 Å². The highest BCUT2D eigenvalue weighted by atomic mass is 16.5. The average molecular weight is 407 g/mol. The third-order valence-electron chi connectivity index (χ3n) is 10.1. The molecule has 0 radical (unpaired) electrons. The lowest BCUT2D eigenvalue weighted by atomic mass is 9.41. The van der Waals surface area contributed by atoms with Gasteiger partial charge in [0.25, 0.3) is 0 Å². The molecule has 162 valence electrons. The van der Waals surface area contributed by atoms with Gasteiger partial charge >= 0.3 is 5.97 Å². The first-order chi connectivity index (χ1) is 13.7. The fourth-order valence-corrected chi connectivity index (χ4v) is 8.52. The van der Waals surface area contributed by atoms with Crippen LogP contribution in [0.25, 0.3) is 0 Å². The monoisotopic (exact) mass is 406 g/mol. The van der Waals surface area contributed by atoms with Crippen molar-refractivity contribution < 1.29 is 30.0 Å². The Morgan fingerprint density at radius 3 is 2.52 bits per heavy atom. The van der Waals surface area contributed by atoms with Gasteiger partial charge in [-0.25, -0.2) is 4.79 Å². The first-order valence-electron chi connectivity index (χ1n) is 11.3. The summed E-state index contributed by atoms with van der Waals surface area (Å²) >= 11 is 0. The van der Waals surface area contributed by atoms with Crippen LogP contribution in [0.3, 0.4) is 0 Å². The molecule has 6 nitrogen and oxygen atoms in total. The molecule has 0 aromatic rings. The van der Waals surface area contributed by atoms with E-state index in [-0.39, 0.29) is 35.7 Å². The Kier molecular flexibility index (Phi) is 4.33. The first-order valence-corrected chi connectivity index (χ1v) is 11.3. The molecule has 5 rings (SSSR count). The summed E-state index contributed by atoms with van der Waals surface area (Å²) in [5.41, 5.74) is -1.88. The molecule has 4 N–H and O–H groups in total. The van der Waals surface area contributed by atoms with Crippen LogP contribution in [0, 0.1) is 28.6 Å². The van der Waals surface area contributed by atoms with Crippen LogP contribution in [0.15, 0.2) is 11.6 Å². The number of fused-ring (bicyclic) bond motifs is 5. The number of aliphatic hydroxyl groups is 4. The predicted octanol–water partition coefficient (Wildman–Crippen LogP) is 1.69. The van der Waals surface area contributed by atoms with Gasteiger partial charge in [-0.15, -0.1) is 0 Å². The second kappa shape index (κ2) is 6.28. The van der Waals surface area contributed by atoms with Crippen molar-refractivity contribution >= 4 is 5.97 Å². The van der Waals surface area contributed by atoms with E-state index in [4.69, 9.17) is 4.74 Å². The molecule has 1 aliphatic heterocycles. The molecule has 0 unspecified atom stereocenters. The number of aliphatic hydroxyl groups excluding tert-OH is 2. The van der Waals surface area contributed by atoms with Crippen molar-refractivity contribution in [3.8, 4) is 0 Å². The van der Waals surface area contributed by atoms with Crippen LogP contribution in [0.2, 0.25) is 0 Å². The van der Waals surface area contributed by atoms with Gasteiger partial charge in [-0.1, -0.05) is 6.92 Å². The molecule has 0 bridgehead atoms. The molecular formula is C23H34O6. The van der Waals surface area contributed by atoms with Crippen molar-refractivity contribution in [2.45, 2.75) is 82.0 Å². The standard InChI is InChI=1S/C23H34O6/c1-20-6-3-17-18(4-8-22(27)11-15(25)2-7-21(17,22)13-24)23(20,28)9-5-16(20)14-10-19(26)29-12-14/h10,15-18,24-25,27-28H,2-9,11-13H2,1H3/t15-,16+,17-,18+,20-,21+,22-,23+/m1/s1. The molecule has 8 atom stereocenters. The van der Waals surface area contributed by atoms with Gasteiger partial charge < -0.3 is 25.2 Å². The number of carbonyl (C=O) groups is 1. The lowest BCUT2D eigenvalue weighted by Gasteiger charge is -2.66. The van der Waals surface area contributed by atoms with E-state index in [2.05, 4.69) is 6.92 Å². The quantitative estimate of drug-likeness (QED) is 0.520. The Bertz CT molecular complexity index is 750. The summed E-state index contributed by atoms with van der Waals surface area (Å²) in [6, 6.07) is 0. The number of rotatable bonds is 2. The Hall–Kier alpha value is -0.950. The summed E-state index contributed by atoms with van der Waals surface area (Å²) in [4.78, 5) is 11.6. The van der Waals surface area contributed by atoms with Gasteiger partial charge in [-0.05, 0) is 74.7 Å². The Morgan fingerprint density at radius 2 is 1.83 bits per heavy atom. The van der Waals surface area contributed by atoms with Crippen LogP contribution in [0.1, 0.15) is 64.7 Å². The molecule has 0 saturated heterocycles. The number of cyclic esters (lactones) is 1. The number of ether oxygens (including phenoxy) is 1. The van der Waals surface area contributed by atoms with Gasteiger partial charge in [0.15, 0.2) is 0 Å². The van der Waals surface area contributed by atoms with Gasteiger partial charge in [0.1, 0.15) is 6.61 Å². The van der Waals surface area contributed by atoms with Crippen LogP contribution >= 0.6 is 0 Å². The number of hydrogen-bond donors (Lipinski definition) is 4. The highest BCUT2D eigenvalue weighted by Crippen LogP contribution is 2.70. The lowest BCUT2D eigenvalue weighted by molar-refractivity contribution is -0.269. The van der Waals surface area contributed by atoms with E-state index in [1.807, 2.05) is 0 Å². The second-order valence-electron chi connectivity index (χ2n) is 10.8. The van der Waals surface area contributed by atoms with E-state index in [0.717, 1.165) is 24.8 Å². The highest BCUT2D eigenvalue weighted by Gasteiger charge is 2.71. The number of carbonyl (C=O) groups excluding carboxylic acids is 1. The second-order valence-corrected chi connectivity index (χ2v) is 10.8. The number of hydrogen-bond acceptors (Lipinski definition) is 6. The summed E-state index contributed by atoms with van der Waals surface area (Å²) in [7, 11) is 0. The summed E-state index contributed by atoms with van der Waals surface area (Å²) < 4.78 is 5.17. The zero-order chi connectivity index (χ0) is 20.7. The molecule has 4 aliphatic carbocycles. The normalized spacial score (nSPS) is 54.2. The van der Waals surface area contributed by atoms with Crippen molar-refractivity contribution in [3.05, 3.63) is 11.6 Å². The third-order valence-corrected chi connectivity index (χ3v) is 10.1. The van der Waals surface area contributed by atoms with E-state index in [1.165, 1.54) is 0 Å². The smallest absolute Gasteiger partial charge is 0.331 e. The summed E-state index contributed by atoms with van der Waals surface area (Å²) in [6.45, 7) is 2.41. The minimum absolute atomic E-state index is 0.0209. The molecule has 5 aliphatic rings. The van der Waals surface area contributed by atoms with Gasteiger partial charge in [-0.3, -0.25) is 0 Å². The van der Waals surface area contributed by atoms with Gasteiger partial charge in [0.2, 0.25) is 0 Å². The fraction of sp³-hybridized carbons (Fsp3) is 0.870. The van der Waals surface area contributed by atoms with Crippen molar-refractivity contribution in [1.29, 1.82) is 0 Å². The van der Waals surface area contributed by atoms with E-state index in [1.54, 1.807) is 6.08 Å². The Morgan fingerprint density at radius 1 is 1.07 bits per heavy atom. The Balaban J connectivity index is 1.51. The first kappa shape index (κ1) is 20.0. The van der Waals surface area contributed by atoms with Crippen LogP contribution in [-0.2, 0) is 9.53 Å². The average Bonchev–Trinajstić information content (AvgIpc) is 3.21. The minimum Gasteiger partial charge on any atom is -0.458 e. The molecule has 4 fully saturated rings. The van der Waals surface area contributed by atoms with E-state index < -0.39 is 22.7 Å². The maximum Gasteiger partial charge on any atom is 0.331 e. The largest absolute Gasteiger partial charge is 0.458 e. The molecule has 1 heterocycles. The predicted molar refractivity (Wildman–Crippen MR) is 105 cm³/mol. The zero-order valence-electron chi connectivity index (χ0n) is 17.3. The molecule has 0 aromatic heterocycles. The van der Waals surface area contributed by atoms with Gasteiger partial charge in [-0.2, -0.15) is 0 Å². The molecule has 0 aromatic carbocycles. The van der Waals surface area contributed by atoms with Gasteiger partial charge in [0.05, 0.1) is 23.9 Å². The minimum atomic E-state index is -1.06. The maximum absolute atomic E-state index is 12.1. The third kappa shape index (κ3) is 2.40. The fourth-order valence-electron chi connectivity index (χ4n) is 8.52. The number of esters is 1. The zero-order valence-corrected chi connectivity index (χ0v) is 17.3. The maximum atomic E-state index is 12.1. The highest BCUT2D eigenvalue weighted by molar-refractivity contribution is 5.85. The van der Waals surface area contributed by atoms with Crippen LogP contribution in [-0.4, -0.2) is 56.9 Å². The van der Waals surface area contributed by atoms with Crippen LogP contribution in [0.5, 0.6) is 0 Å². The molecule has 6 heteroatoms.